The van der Waals surface area contributed by atoms with E-state index in [2.05, 4.69) is 5.32 Å². The van der Waals surface area contributed by atoms with Crippen LogP contribution in [0.2, 0.25) is 0 Å². The smallest absolute Gasteiger partial charge is 0.449 e. The topological polar surface area (TPSA) is 41.6 Å². The number of hydrogen-bond acceptors (Lipinski definition) is 3. The molecule has 0 spiro atoms. The monoisotopic (exact) mass is 398 g/mol. The van der Waals surface area contributed by atoms with Gasteiger partial charge >= 0.3 is 12.4 Å². The van der Waals surface area contributed by atoms with Crippen LogP contribution in [0.25, 0.3) is 0 Å². The molecule has 0 aliphatic heterocycles. The fourth-order valence-corrected chi connectivity index (χ4v) is 2.77. The van der Waals surface area contributed by atoms with Crippen LogP contribution in [0.4, 0.5) is 33.7 Å². The summed E-state index contributed by atoms with van der Waals surface area (Å²) < 4.78 is 59.3. The summed E-state index contributed by atoms with van der Waals surface area (Å²) in [5, 5.41) is 2.56. The number of benzene rings is 2. The van der Waals surface area contributed by atoms with Crippen LogP contribution in [0.5, 0.6) is 0 Å². The lowest BCUT2D eigenvalue weighted by Crippen LogP contribution is -2.37. The van der Waals surface area contributed by atoms with Gasteiger partial charge in [0.2, 0.25) is 0 Å². The number of amides is 1. The SMILES string of the molecule is CCCOC(=O)Nc1c(C)cc(N(Cc2cccc(F)c2)C(F)(F)F)cc1C. The molecule has 0 saturated carbocycles. The molecule has 0 heterocycles. The first-order chi connectivity index (χ1) is 13.1. The van der Waals surface area contributed by atoms with Gasteiger partial charge in [-0.15, -0.1) is 0 Å². The van der Waals surface area contributed by atoms with Gasteiger partial charge in [-0.25, -0.2) is 9.18 Å². The van der Waals surface area contributed by atoms with E-state index in [1.54, 1.807) is 13.8 Å². The van der Waals surface area contributed by atoms with E-state index in [0.29, 0.717) is 23.2 Å². The molecular formula is C20H22F4N2O2. The highest BCUT2D eigenvalue weighted by molar-refractivity contribution is 5.87. The molecular weight excluding hydrogens is 376 g/mol. The van der Waals surface area contributed by atoms with Crippen molar-refractivity contribution in [3.63, 3.8) is 0 Å². The quantitative estimate of drug-likeness (QED) is 0.485. The molecule has 4 nitrogen and oxygen atoms in total. The van der Waals surface area contributed by atoms with E-state index in [0.717, 1.165) is 6.07 Å². The van der Waals surface area contributed by atoms with Crippen molar-refractivity contribution in [1.82, 2.24) is 0 Å². The number of aryl methyl sites for hydroxylation is 2. The van der Waals surface area contributed by atoms with Crippen molar-refractivity contribution in [1.29, 1.82) is 0 Å². The molecule has 8 heteroatoms. The lowest BCUT2D eigenvalue weighted by Gasteiger charge is -2.28. The molecule has 1 amide bonds. The van der Waals surface area contributed by atoms with Crippen molar-refractivity contribution >= 4 is 17.5 Å². The molecule has 0 saturated heterocycles. The fourth-order valence-electron chi connectivity index (χ4n) is 2.77. The van der Waals surface area contributed by atoms with E-state index < -0.39 is 24.8 Å². The van der Waals surface area contributed by atoms with E-state index >= 15 is 0 Å². The lowest BCUT2D eigenvalue weighted by atomic mass is 10.1. The number of carbonyl (C=O) groups excluding carboxylic acids is 1. The van der Waals surface area contributed by atoms with Crippen molar-refractivity contribution in [2.75, 3.05) is 16.8 Å². The molecule has 0 radical (unpaired) electrons. The summed E-state index contributed by atoms with van der Waals surface area (Å²) in [7, 11) is 0. The number of carbonyl (C=O) groups is 1. The summed E-state index contributed by atoms with van der Waals surface area (Å²) in [6, 6.07) is 7.70. The molecule has 0 aliphatic rings. The summed E-state index contributed by atoms with van der Waals surface area (Å²) in [6.07, 6.45) is -4.67. The average molecular weight is 398 g/mol. The number of ether oxygens (including phenoxy) is 1. The molecule has 0 bridgehead atoms. The molecule has 0 unspecified atom stereocenters. The minimum Gasteiger partial charge on any atom is -0.449 e. The summed E-state index contributed by atoms with van der Waals surface area (Å²) in [4.78, 5) is 12.0. The summed E-state index contributed by atoms with van der Waals surface area (Å²) in [5.74, 6) is -0.600. The van der Waals surface area contributed by atoms with Gasteiger partial charge in [0.1, 0.15) is 5.82 Å². The maximum Gasteiger partial charge on any atom is 0.485 e. The second-order valence-electron chi connectivity index (χ2n) is 6.40. The minimum absolute atomic E-state index is 0.0979. The van der Waals surface area contributed by atoms with Crippen LogP contribution in [-0.2, 0) is 11.3 Å². The van der Waals surface area contributed by atoms with Crippen LogP contribution >= 0.6 is 0 Å². The van der Waals surface area contributed by atoms with E-state index in [-0.39, 0.29) is 22.8 Å². The molecule has 0 fully saturated rings. The van der Waals surface area contributed by atoms with Gasteiger partial charge in [0.15, 0.2) is 0 Å². The zero-order chi connectivity index (χ0) is 20.9. The second kappa shape index (κ2) is 8.95. The van der Waals surface area contributed by atoms with Gasteiger partial charge in [-0.2, -0.15) is 13.2 Å². The standard InChI is InChI=1S/C20H22F4N2O2/c1-4-8-28-19(27)25-18-13(2)9-17(10-14(18)3)26(20(22,23)24)12-15-6-5-7-16(21)11-15/h5-7,9-11H,4,8,12H2,1-3H3,(H,25,27). The predicted octanol–water partition coefficient (Wildman–Crippen LogP) is 5.93. The van der Waals surface area contributed by atoms with E-state index in [4.69, 9.17) is 4.74 Å². The van der Waals surface area contributed by atoms with Crippen LogP contribution < -0.4 is 10.2 Å². The maximum absolute atomic E-state index is 13.6. The first-order valence-corrected chi connectivity index (χ1v) is 8.75. The van der Waals surface area contributed by atoms with Crippen molar-refractivity contribution < 1.29 is 27.1 Å². The Morgan fingerprint density at radius 1 is 1.14 bits per heavy atom. The van der Waals surface area contributed by atoms with Crippen molar-refractivity contribution in [3.8, 4) is 0 Å². The van der Waals surface area contributed by atoms with Gasteiger partial charge in [0, 0.05) is 11.4 Å². The van der Waals surface area contributed by atoms with Gasteiger partial charge in [0.25, 0.3) is 0 Å². The molecule has 0 aliphatic carbocycles. The van der Waals surface area contributed by atoms with Gasteiger partial charge < -0.3 is 4.74 Å². The van der Waals surface area contributed by atoms with Crippen LogP contribution in [0.15, 0.2) is 36.4 Å². The summed E-state index contributed by atoms with van der Waals surface area (Å²) in [6.45, 7) is 4.76. The number of hydrogen-bond donors (Lipinski definition) is 1. The van der Waals surface area contributed by atoms with Crippen LogP contribution in [0, 0.1) is 19.7 Å². The van der Waals surface area contributed by atoms with Crippen LogP contribution in [-0.4, -0.2) is 19.0 Å². The van der Waals surface area contributed by atoms with Crippen LogP contribution in [0.1, 0.15) is 30.0 Å². The van der Waals surface area contributed by atoms with E-state index in [9.17, 15) is 22.4 Å². The van der Waals surface area contributed by atoms with Gasteiger partial charge in [-0.3, -0.25) is 10.2 Å². The first-order valence-electron chi connectivity index (χ1n) is 8.75. The zero-order valence-corrected chi connectivity index (χ0v) is 15.9. The van der Waals surface area contributed by atoms with Crippen molar-refractivity contribution in [3.05, 3.63) is 58.9 Å². The Morgan fingerprint density at radius 3 is 2.32 bits per heavy atom. The Balaban J connectivity index is 2.33. The molecule has 0 aromatic heterocycles. The van der Waals surface area contributed by atoms with Crippen molar-refractivity contribution in [2.24, 2.45) is 0 Å². The van der Waals surface area contributed by atoms with E-state index in [1.165, 1.54) is 30.3 Å². The third kappa shape index (κ3) is 5.61. The lowest BCUT2D eigenvalue weighted by molar-refractivity contribution is -0.130. The normalized spacial score (nSPS) is 11.2. The molecule has 152 valence electrons. The molecule has 0 atom stereocenters. The van der Waals surface area contributed by atoms with Gasteiger partial charge in [0.05, 0.1) is 13.2 Å². The highest BCUT2D eigenvalue weighted by Gasteiger charge is 2.38. The zero-order valence-electron chi connectivity index (χ0n) is 15.9. The van der Waals surface area contributed by atoms with Crippen molar-refractivity contribution in [2.45, 2.75) is 40.0 Å². The average Bonchev–Trinajstić information content (AvgIpc) is 2.60. The maximum atomic E-state index is 13.6. The second-order valence-corrected chi connectivity index (χ2v) is 6.40. The Morgan fingerprint density at radius 2 is 1.79 bits per heavy atom. The number of anilines is 2. The van der Waals surface area contributed by atoms with Crippen LogP contribution in [0.3, 0.4) is 0 Å². The third-order valence-electron chi connectivity index (χ3n) is 4.03. The first kappa shape index (κ1) is 21.5. The number of nitrogens with zero attached hydrogens (tertiary/aromatic N) is 1. The molecule has 2 aromatic rings. The summed E-state index contributed by atoms with van der Waals surface area (Å²) >= 11 is 0. The highest BCUT2D eigenvalue weighted by Crippen LogP contribution is 2.34. The number of rotatable bonds is 6. The van der Waals surface area contributed by atoms with E-state index in [1.807, 2.05) is 6.92 Å². The molecule has 2 rings (SSSR count). The number of nitrogens with one attached hydrogen (secondary N) is 1. The number of alkyl halides is 3. The Labute approximate surface area is 161 Å². The Bertz CT molecular complexity index is 814. The fraction of sp³-hybridized carbons (Fsp3) is 0.350. The van der Waals surface area contributed by atoms with Gasteiger partial charge in [-0.05, 0) is 61.2 Å². The Hall–Kier alpha value is -2.77. The Kier molecular flexibility index (Phi) is 6.88. The predicted molar refractivity (Wildman–Crippen MR) is 99.8 cm³/mol. The third-order valence-corrected chi connectivity index (χ3v) is 4.03. The highest BCUT2D eigenvalue weighted by atomic mass is 19.4. The molecule has 1 N–H and O–H groups in total. The van der Waals surface area contributed by atoms with Gasteiger partial charge in [-0.1, -0.05) is 19.1 Å². The largest absolute Gasteiger partial charge is 0.485 e. The minimum atomic E-state index is -4.67. The summed E-state index contributed by atoms with van der Waals surface area (Å²) in [5.41, 5.74) is 1.41. The molecule has 2 aromatic carbocycles. The number of halogens is 4. The molecule has 28 heavy (non-hydrogen) atoms.